The lowest BCUT2D eigenvalue weighted by Crippen LogP contribution is -2.34. The van der Waals surface area contributed by atoms with Crippen LogP contribution in [0.15, 0.2) is 72.9 Å². The minimum atomic E-state index is -0.741. The molecule has 0 unspecified atom stereocenters. The predicted octanol–water partition coefficient (Wildman–Crippen LogP) is 8.95. The fraction of sp³-hybridized carbons (Fsp3) is 0.281. The van der Waals surface area contributed by atoms with Crippen molar-refractivity contribution in [3.63, 3.8) is 0 Å². The third kappa shape index (κ3) is 6.02. The van der Waals surface area contributed by atoms with Crippen LogP contribution in [0.1, 0.15) is 60.5 Å². The summed E-state index contributed by atoms with van der Waals surface area (Å²) in [6, 6.07) is 16.0. The SMILES string of the molecule is O=[N+]([O-])c1cc([C@H]2CC[C@H](c3ccc(Cl)c([N+](=O)[O-])c3)N2c2cc(F)c(N3CCC(c4ccccn4)CC3)c(F)c2)ccc1Cl. The number of hydrogen-bond acceptors (Lipinski definition) is 7. The largest absolute Gasteiger partial charge is 0.367 e. The Kier molecular flexibility index (Phi) is 8.56. The lowest BCUT2D eigenvalue weighted by atomic mass is 9.92. The van der Waals surface area contributed by atoms with Crippen molar-refractivity contribution in [3.8, 4) is 0 Å². The minimum absolute atomic E-state index is 0.0357. The molecule has 3 aromatic carbocycles. The lowest BCUT2D eigenvalue weighted by molar-refractivity contribution is -0.384. The number of nitro groups is 2. The molecule has 0 radical (unpaired) electrons. The smallest absolute Gasteiger partial charge is 0.288 e. The number of pyridine rings is 1. The van der Waals surface area contributed by atoms with Crippen LogP contribution < -0.4 is 9.80 Å². The molecular weight excluding hydrogens is 627 g/mol. The maximum absolute atomic E-state index is 15.9. The second kappa shape index (κ2) is 12.6. The summed E-state index contributed by atoms with van der Waals surface area (Å²) in [5, 5.41) is 23.3. The molecule has 9 nitrogen and oxygen atoms in total. The van der Waals surface area contributed by atoms with E-state index < -0.39 is 33.6 Å². The standard InChI is InChI=1S/C32H27Cl2F2N5O4/c33-23-6-4-20(15-30(23)40(42)43)28-8-9-29(21-5-7-24(34)31(16-21)41(44)45)39(28)22-17-25(35)32(26(36)18-22)38-13-10-19(11-14-38)27-3-1-2-12-37-27/h1-7,12,15-19,28-29H,8-11,13-14H2/t28-,29-/m1/s1. The van der Waals surface area contributed by atoms with Gasteiger partial charge in [-0.2, -0.15) is 0 Å². The minimum Gasteiger partial charge on any atom is -0.367 e. The van der Waals surface area contributed by atoms with Gasteiger partial charge in [-0.3, -0.25) is 25.2 Å². The topological polar surface area (TPSA) is 106 Å². The Morgan fingerprint density at radius 2 is 1.29 bits per heavy atom. The van der Waals surface area contributed by atoms with Crippen molar-refractivity contribution in [1.82, 2.24) is 4.98 Å². The molecule has 45 heavy (non-hydrogen) atoms. The lowest BCUT2D eigenvalue weighted by Gasteiger charge is -2.36. The van der Waals surface area contributed by atoms with E-state index in [1.54, 1.807) is 28.1 Å². The first-order valence-electron chi connectivity index (χ1n) is 14.4. The molecule has 2 fully saturated rings. The van der Waals surface area contributed by atoms with Crippen LogP contribution in [-0.2, 0) is 0 Å². The van der Waals surface area contributed by atoms with E-state index in [0.717, 1.165) is 5.69 Å². The second-order valence-electron chi connectivity index (χ2n) is 11.2. The molecule has 0 amide bonds. The van der Waals surface area contributed by atoms with E-state index in [4.69, 9.17) is 23.2 Å². The van der Waals surface area contributed by atoms with Gasteiger partial charge in [0.15, 0.2) is 11.6 Å². The third-order valence-electron chi connectivity index (χ3n) is 8.71. The van der Waals surface area contributed by atoms with Crippen molar-refractivity contribution in [1.29, 1.82) is 0 Å². The van der Waals surface area contributed by atoms with Crippen LogP contribution in [0.3, 0.4) is 0 Å². The van der Waals surface area contributed by atoms with Crippen molar-refractivity contribution in [2.24, 2.45) is 0 Å². The molecule has 2 saturated heterocycles. The Morgan fingerprint density at radius 1 is 0.756 bits per heavy atom. The number of rotatable bonds is 7. The van der Waals surface area contributed by atoms with Gasteiger partial charge in [-0.1, -0.05) is 41.4 Å². The van der Waals surface area contributed by atoms with Crippen LogP contribution in [0.2, 0.25) is 10.0 Å². The first kappa shape index (κ1) is 30.7. The monoisotopic (exact) mass is 653 g/mol. The van der Waals surface area contributed by atoms with Gasteiger partial charge < -0.3 is 9.80 Å². The number of piperidine rings is 1. The zero-order chi connectivity index (χ0) is 31.8. The zero-order valence-corrected chi connectivity index (χ0v) is 25.3. The molecule has 0 N–H and O–H groups in total. The summed E-state index contributed by atoms with van der Waals surface area (Å²) in [6.45, 7) is 0.901. The number of nitro benzene ring substituents is 2. The average molecular weight is 655 g/mol. The summed E-state index contributed by atoms with van der Waals surface area (Å²) in [7, 11) is 0. The van der Waals surface area contributed by atoms with Gasteiger partial charge in [0.1, 0.15) is 15.7 Å². The maximum atomic E-state index is 15.9. The molecular formula is C32H27Cl2F2N5O4. The predicted molar refractivity (Wildman–Crippen MR) is 168 cm³/mol. The van der Waals surface area contributed by atoms with E-state index in [-0.39, 0.29) is 38.7 Å². The third-order valence-corrected chi connectivity index (χ3v) is 9.34. The Balaban J connectivity index is 1.37. The van der Waals surface area contributed by atoms with E-state index in [9.17, 15) is 20.2 Å². The Labute approximate surface area is 267 Å². The number of benzene rings is 3. The van der Waals surface area contributed by atoms with Gasteiger partial charge in [-0.05, 0) is 73.2 Å². The van der Waals surface area contributed by atoms with Gasteiger partial charge in [0, 0.05) is 48.7 Å². The molecule has 2 atom stereocenters. The van der Waals surface area contributed by atoms with Crippen LogP contribution in [0.25, 0.3) is 0 Å². The molecule has 2 aliphatic rings. The highest BCUT2D eigenvalue weighted by molar-refractivity contribution is 6.33. The Bertz CT molecular complexity index is 1680. The van der Waals surface area contributed by atoms with Gasteiger partial charge in [0.05, 0.1) is 21.9 Å². The number of nitrogens with zero attached hydrogens (tertiary/aromatic N) is 5. The number of anilines is 2. The Morgan fingerprint density at radius 3 is 1.76 bits per heavy atom. The van der Waals surface area contributed by atoms with Crippen molar-refractivity contribution >= 4 is 46.0 Å². The summed E-state index contributed by atoms with van der Waals surface area (Å²) in [4.78, 5) is 30.1. The molecule has 0 bridgehead atoms. The second-order valence-corrected chi connectivity index (χ2v) is 12.0. The first-order chi connectivity index (χ1) is 21.6. The van der Waals surface area contributed by atoms with Gasteiger partial charge >= 0.3 is 0 Å². The molecule has 1 aromatic heterocycles. The molecule has 4 aromatic rings. The quantitative estimate of drug-likeness (QED) is 0.145. The van der Waals surface area contributed by atoms with E-state index in [1.165, 1.54) is 36.4 Å². The Hall–Kier alpha value is -4.35. The summed E-state index contributed by atoms with van der Waals surface area (Å²) >= 11 is 12.2. The molecule has 3 heterocycles. The van der Waals surface area contributed by atoms with E-state index in [2.05, 4.69) is 4.98 Å². The summed E-state index contributed by atoms with van der Waals surface area (Å²) < 4.78 is 31.9. The first-order valence-corrected chi connectivity index (χ1v) is 15.2. The van der Waals surface area contributed by atoms with Crippen LogP contribution in [0, 0.1) is 31.9 Å². The normalized spacial score (nSPS) is 18.8. The molecule has 232 valence electrons. The van der Waals surface area contributed by atoms with Crippen molar-refractivity contribution < 1.29 is 18.6 Å². The van der Waals surface area contributed by atoms with Crippen LogP contribution in [0.5, 0.6) is 0 Å². The highest BCUT2D eigenvalue weighted by Gasteiger charge is 2.38. The molecule has 0 saturated carbocycles. The van der Waals surface area contributed by atoms with Crippen LogP contribution in [0.4, 0.5) is 31.5 Å². The van der Waals surface area contributed by atoms with Crippen molar-refractivity contribution in [3.05, 3.63) is 132 Å². The molecule has 0 aliphatic carbocycles. The van der Waals surface area contributed by atoms with Crippen molar-refractivity contribution in [2.45, 2.75) is 43.7 Å². The fourth-order valence-corrected chi connectivity index (χ4v) is 6.97. The highest BCUT2D eigenvalue weighted by atomic mass is 35.5. The molecule has 2 aliphatic heterocycles. The summed E-state index contributed by atoms with van der Waals surface area (Å²) in [5.74, 6) is -1.28. The number of aromatic nitrogens is 1. The summed E-state index contributed by atoms with van der Waals surface area (Å²) in [6.07, 6.45) is 4.03. The number of hydrogen-bond donors (Lipinski definition) is 0. The maximum Gasteiger partial charge on any atom is 0.288 e. The van der Waals surface area contributed by atoms with Gasteiger partial charge in [0.25, 0.3) is 11.4 Å². The van der Waals surface area contributed by atoms with Crippen molar-refractivity contribution in [2.75, 3.05) is 22.9 Å². The van der Waals surface area contributed by atoms with E-state index in [1.807, 2.05) is 18.2 Å². The van der Waals surface area contributed by atoms with Gasteiger partial charge in [-0.25, -0.2) is 8.78 Å². The fourth-order valence-electron chi connectivity index (χ4n) is 6.60. The highest BCUT2D eigenvalue weighted by Crippen LogP contribution is 2.49. The van der Waals surface area contributed by atoms with E-state index >= 15 is 8.78 Å². The van der Waals surface area contributed by atoms with E-state index in [0.29, 0.717) is 49.9 Å². The molecule has 6 rings (SSSR count). The van der Waals surface area contributed by atoms with Gasteiger partial charge in [-0.15, -0.1) is 0 Å². The summed E-state index contributed by atoms with van der Waals surface area (Å²) in [5.41, 5.74) is 1.53. The average Bonchev–Trinajstić information content (AvgIpc) is 3.47. The molecule has 0 spiro atoms. The van der Waals surface area contributed by atoms with Gasteiger partial charge in [0.2, 0.25) is 0 Å². The zero-order valence-electron chi connectivity index (χ0n) is 23.8. The molecule has 13 heteroatoms. The van der Waals surface area contributed by atoms with Crippen LogP contribution >= 0.6 is 23.2 Å². The van der Waals surface area contributed by atoms with Crippen LogP contribution in [-0.4, -0.2) is 27.9 Å². The number of halogens is 4.